The maximum Gasteiger partial charge on any atom is 0.156 e. The van der Waals surface area contributed by atoms with Crippen molar-refractivity contribution in [2.75, 3.05) is 13.1 Å². The van der Waals surface area contributed by atoms with E-state index in [1.165, 1.54) is 0 Å². The molecule has 1 aliphatic heterocycles. The monoisotopic (exact) mass is 200 g/mol. The van der Waals surface area contributed by atoms with E-state index in [2.05, 4.69) is 39.5 Å². The fraction of sp³-hybridized carbons (Fsp3) is 0.900. The van der Waals surface area contributed by atoms with E-state index in [4.69, 9.17) is 5.41 Å². The molecule has 0 saturated carbocycles. The Balaban J connectivity index is 2.59. The zero-order chi connectivity index (χ0) is 10.3. The molecule has 1 heterocycles. The summed E-state index contributed by atoms with van der Waals surface area (Å²) in [5.41, 5.74) is 0.285. The molecule has 0 atom stereocenters. The molecule has 1 rings (SSSR count). The first-order chi connectivity index (χ1) is 5.70. The first kappa shape index (κ1) is 10.9. The van der Waals surface area contributed by atoms with Gasteiger partial charge in [-0.05, 0) is 19.3 Å². The van der Waals surface area contributed by atoms with Crippen molar-refractivity contribution in [3.8, 4) is 0 Å². The van der Waals surface area contributed by atoms with E-state index in [1.807, 2.05) is 0 Å². The highest BCUT2D eigenvalue weighted by Gasteiger charge is 2.35. The number of rotatable bonds is 1. The van der Waals surface area contributed by atoms with Crippen molar-refractivity contribution in [1.82, 2.24) is 4.90 Å². The van der Waals surface area contributed by atoms with Crippen LogP contribution in [0.15, 0.2) is 0 Å². The number of hydrogen-bond acceptors (Lipinski definition) is 2. The Morgan fingerprint density at radius 3 is 2.31 bits per heavy atom. The van der Waals surface area contributed by atoms with Gasteiger partial charge in [0, 0.05) is 17.8 Å². The molecule has 76 valence electrons. The van der Waals surface area contributed by atoms with Crippen molar-refractivity contribution in [3.05, 3.63) is 0 Å². The molecule has 0 aromatic carbocycles. The summed E-state index contributed by atoms with van der Waals surface area (Å²) >= 11 is 1.68. The van der Waals surface area contributed by atoms with Crippen LogP contribution in [0.2, 0.25) is 0 Å². The highest BCUT2D eigenvalue weighted by atomic mass is 32.2. The van der Waals surface area contributed by atoms with Gasteiger partial charge in [-0.25, -0.2) is 0 Å². The van der Waals surface area contributed by atoms with Crippen LogP contribution in [0.5, 0.6) is 0 Å². The van der Waals surface area contributed by atoms with Gasteiger partial charge in [0.1, 0.15) is 0 Å². The highest BCUT2D eigenvalue weighted by molar-refractivity contribution is 8.15. The summed E-state index contributed by atoms with van der Waals surface area (Å²) in [6.45, 7) is 13.1. The summed E-state index contributed by atoms with van der Waals surface area (Å²) in [6, 6.07) is 0. The normalized spacial score (nSPS) is 22.5. The minimum Gasteiger partial charge on any atom is -0.350 e. The smallest absolute Gasteiger partial charge is 0.156 e. The fourth-order valence-electron chi connectivity index (χ4n) is 1.59. The Hall–Kier alpha value is -0.180. The van der Waals surface area contributed by atoms with Crippen LogP contribution >= 0.6 is 11.8 Å². The van der Waals surface area contributed by atoms with Crippen molar-refractivity contribution in [1.29, 1.82) is 5.41 Å². The second kappa shape index (κ2) is 3.19. The maximum absolute atomic E-state index is 7.83. The van der Waals surface area contributed by atoms with Crippen LogP contribution < -0.4 is 0 Å². The number of nitrogens with zero attached hydrogens (tertiary/aromatic N) is 1. The van der Waals surface area contributed by atoms with Gasteiger partial charge in [0.2, 0.25) is 0 Å². The van der Waals surface area contributed by atoms with Gasteiger partial charge in [-0.3, -0.25) is 5.41 Å². The average Bonchev–Trinajstić information content (AvgIpc) is 2.00. The SMILES string of the molecule is CC(C)(C)CN1CC(C)(C)SC1=N. The molecule has 1 N–H and O–H groups in total. The van der Waals surface area contributed by atoms with Crippen molar-refractivity contribution in [3.63, 3.8) is 0 Å². The summed E-state index contributed by atoms with van der Waals surface area (Å²) in [4.78, 5) is 2.19. The summed E-state index contributed by atoms with van der Waals surface area (Å²) in [5, 5.41) is 8.57. The van der Waals surface area contributed by atoms with E-state index in [9.17, 15) is 0 Å². The van der Waals surface area contributed by atoms with Gasteiger partial charge in [0.25, 0.3) is 0 Å². The number of thioether (sulfide) groups is 1. The third kappa shape index (κ3) is 3.22. The van der Waals surface area contributed by atoms with Crippen molar-refractivity contribution < 1.29 is 0 Å². The standard InChI is InChI=1S/C10H20N2S/c1-9(2,3)6-12-7-10(4,5)13-8(12)11/h11H,6-7H2,1-5H3. The predicted octanol–water partition coefficient (Wildman–Crippen LogP) is 2.79. The molecule has 0 amide bonds. The average molecular weight is 200 g/mol. The zero-order valence-electron chi connectivity index (χ0n) is 9.27. The molecule has 0 spiro atoms. The van der Waals surface area contributed by atoms with Gasteiger partial charge in [-0.15, -0.1) is 0 Å². The fourth-order valence-corrected chi connectivity index (χ4v) is 2.59. The molecule has 0 aromatic rings. The Morgan fingerprint density at radius 1 is 1.46 bits per heavy atom. The molecule has 1 fully saturated rings. The molecule has 0 radical (unpaired) electrons. The van der Waals surface area contributed by atoms with Crippen LogP contribution in [0.4, 0.5) is 0 Å². The molecule has 0 unspecified atom stereocenters. The lowest BCUT2D eigenvalue weighted by atomic mass is 9.96. The van der Waals surface area contributed by atoms with Crippen LogP contribution in [0, 0.1) is 10.8 Å². The first-order valence-corrected chi connectivity index (χ1v) is 5.54. The van der Waals surface area contributed by atoms with Crippen LogP contribution in [-0.2, 0) is 0 Å². The summed E-state index contributed by atoms with van der Waals surface area (Å²) in [6.07, 6.45) is 0. The van der Waals surface area contributed by atoms with E-state index < -0.39 is 0 Å². The predicted molar refractivity (Wildman–Crippen MR) is 60.4 cm³/mol. The largest absolute Gasteiger partial charge is 0.350 e. The van der Waals surface area contributed by atoms with Gasteiger partial charge in [0.15, 0.2) is 5.17 Å². The lowest BCUT2D eigenvalue weighted by Gasteiger charge is -2.27. The molecule has 2 nitrogen and oxygen atoms in total. The quantitative estimate of drug-likeness (QED) is 0.704. The molecule has 0 aromatic heterocycles. The van der Waals surface area contributed by atoms with E-state index in [0.717, 1.165) is 18.3 Å². The molecule has 3 heteroatoms. The Kier molecular flexibility index (Phi) is 2.68. The Labute approximate surface area is 85.6 Å². The minimum atomic E-state index is 0.225. The van der Waals surface area contributed by atoms with Crippen molar-refractivity contribution in [2.24, 2.45) is 5.41 Å². The van der Waals surface area contributed by atoms with Crippen LogP contribution in [0.3, 0.4) is 0 Å². The van der Waals surface area contributed by atoms with E-state index >= 15 is 0 Å². The van der Waals surface area contributed by atoms with Crippen molar-refractivity contribution in [2.45, 2.75) is 39.4 Å². The molecular weight excluding hydrogens is 180 g/mol. The van der Waals surface area contributed by atoms with Gasteiger partial charge < -0.3 is 4.90 Å². The number of amidine groups is 1. The molecule has 13 heavy (non-hydrogen) atoms. The third-order valence-corrected chi connectivity index (χ3v) is 3.03. The molecular formula is C10H20N2S. The zero-order valence-corrected chi connectivity index (χ0v) is 10.1. The van der Waals surface area contributed by atoms with Gasteiger partial charge in [0.05, 0.1) is 0 Å². The van der Waals surface area contributed by atoms with E-state index in [1.54, 1.807) is 11.8 Å². The molecule has 1 saturated heterocycles. The summed E-state index contributed by atoms with van der Waals surface area (Å²) < 4.78 is 0.225. The lowest BCUT2D eigenvalue weighted by Crippen LogP contribution is -2.35. The van der Waals surface area contributed by atoms with Gasteiger partial charge >= 0.3 is 0 Å². The minimum absolute atomic E-state index is 0.225. The second-order valence-electron chi connectivity index (χ2n) is 5.58. The van der Waals surface area contributed by atoms with Crippen LogP contribution in [0.1, 0.15) is 34.6 Å². The number of nitrogens with one attached hydrogen (secondary N) is 1. The van der Waals surface area contributed by atoms with Gasteiger partial charge in [-0.2, -0.15) is 0 Å². The third-order valence-electron chi connectivity index (χ3n) is 1.90. The first-order valence-electron chi connectivity index (χ1n) is 4.72. The second-order valence-corrected chi connectivity index (χ2v) is 7.28. The number of hydrogen-bond donors (Lipinski definition) is 1. The lowest BCUT2D eigenvalue weighted by molar-refractivity contribution is 0.273. The summed E-state index contributed by atoms with van der Waals surface area (Å²) in [5.74, 6) is 0. The van der Waals surface area contributed by atoms with Crippen molar-refractivity contribution >= 4 is 16.9 Å². The summed E-state index contributed by atoms with van der Waals surface area (Å²) in [7, 11) is 0. The molecule has 1 aliphatic rings. The molecule has 0 bridgehead atoms. The van der Waals surface area contributed by atoms with Crippen LogP contribution in [-0.4, -0.2) is 27.9 Å². The Morgan fingerprint density at radius 2 is 2.00 bits per heavy atom. The van der Waals surface area contributed by atoms with Gasteiger partial charge in [-0.1, -0.05) is 32.5 Å². The topological polar surface area (TPSA) is 27.1 Å². The molecule has 0 aliphatic carbocycles. The highest BCUT2D eigenvalue weighted by Crippen LogP contribution is 2.36. The van der Waals surface area contributed by atoms with E-state index in [0.29, 0.717) is 0 Å². The Bertz CT molecular complexity index is 215. The maximum atomic E-state index is 7.83. The van der Waals surface area contributed by atoms with E-state index in [-0.39, 0.29) is 10.2 Å². The van der Waals surface area contributed by atoms with Crippen LogP contribution in [0.25, 0.3) is 0 Å².